The quantitative estimate of drug-likeness (QED) is 0.166. The lowest BCUT2D eigenvalue weighted by atomic mass is 9.90. The Balaban J connectivity index is 1.34. The van der Waals surface area contributed by atoms with Gasteiger partial charge in [0.15, 0.2) is 17.6 Å². The molecule has 0 radical (unpaired) electrons. The highest BCUT2D eigenvalue weighted by Crippen LogP contribution is 2.30. The molecule has 3 aromatic rings. The van der Waals surface area contributed by atoms with Crippen molar-refractivity contribution in [2.24, 2.45) is 5.73 Å². The standard InChI is InChI=1S/C24H30ClN9O2/c1-24(26,13-35)32-16-6-4-15(5-7-16)30-21-11-18(29-14-2-3-14)22-28-12-19(34(22)33-21)23(36)31-17-8-9-27-20(25)10-17/h8-16,29,32H,2-7,26H2,1H3,(H,30,33)(H,27,31,36)/t15?,16?,24-/m0/s1. The molecule has 2 aliphatic carbocycles. The maximum atomic E-state index is 13.1. The molecule has 0 saturated heterocycles. The van der Waals surface area contributed by atoms with E-state index >= 15 is 0 Å². The first-order valence-electron chi connectivity index (χ1n) is 12.2. The molecule has 3 heterocycles. The number of hydrogen-bond donors (Lipinski definition) is 5. The van der Waals surface area contributed by atoms with E-state index in [0.717, 1.165) is 50.5 Å². The van der Waals surface area contributed by atoms with Gasteiger partial charge in [-0.25, -0.2) is 14.5 Å². The van der Waals surface area contributed by atoms with Crippen LogP contribution in [0.4, 0.5) is 17.2 Å². The minimum Gasteiger partial charge on any atom is -0.379 e. The number of amides is 1. The van der Waals surface area contributed by atoms with E-state index in [1.54, 1.807) is 23.6 Å². The fraction of sp³-hybridized carbons (Fsp3) is 0.458. The van der Waals surface area contributed by atoms with Gasteiger partial charge in [-0.1, -0.05) is 11.6 Å². The van der Waals surface area contributed by atoms with Crippen molar-refractivity contribution in [3.63, 3.8) is 0 Å². The zero-order chi connectivity index (χ0) is 25.3. The Hall–Kier alpha value is -3.28. The van der Waals surface area contributed by atoms with Crippen LogP contribution in [0, 0.1) is 0 Å². The highest BCUT2D eigenvalue weighted by atomic mass is 35.5. The van der Waals surface area contributed by atoms with Gasteiger partial charge in [-0.05, 0) is 57.6 Å². The van der Waals surface area contributed by atoms with Crippen molar-refractivity contribution < 1.29 is 9.59 Å². The first-order valence-corrected chi connectivity index (χ1v) is 12.5. The van der Waals surface area contributed by atoms with E-state index < -0.39 is 5.66 Å². The summed E-state index contributed by atoms with van der Waals surface area (Å²) in [5, 5.41) is 18.1. The number of carbonyl (C=O) groups is 2. The van der Waals surface area contributed by atoms with Crippen molar-refractivity contribution >= 4 is 46.6 Å². The molecule has 5 rings (SSSR count). The van der Waals surface area contributed by atoms with Gasteiger partial charge in [-0.15, -0.1) is 5.10 Å². The number of anilines is 3. The van der Waals surface area contributed by atoms with Crippen LogP contribution in [0.25, 0.3) is 5.65 Å². The summed E-state index contributed by atoms with van der Waals surface area (Å²) in [6.07, 6.45) is 9.58. The summed E-state index contributed by atoms with van der Waals surface area (Å²) in [5.41, 5.74) is 7.20. The number of imidazole rings is 1. The average Bonchev–Trinajstić information content (AvgIpc) is 3.55. The second-order valence-corrected chi connectivity index (χ2v) is 10.2. The lowest BCUT2D eigenvalue weighted by Crippen LogP contribution is -2.57. The third-order valence-electron chi connectivity index (χ3n) is 6.46. The Morgan fingerprint density at radius 1 is 1.11 bits per heavy atom. The number of aromatic nitrogens is 4. The first kappa shape index (κ1) is 24.4. The van der Waals surface area contributed by atoms with Crippen molar-refractivity contribution in [2.45, 2.75) is 69.2 Å². The van der Waals surface area contributed by atoms with Gasteiger partial charge in [0.05, 0.1) is 11.9 Å². The van der Waals surface area contributed by atoms with E-state index in [4.69, 9.17) is 22.4 Å². The van der Waals surface area contributed by atoms with Crippen LogP contribution in [-0.2, 0) is 4.79 Å². The number of carbonyl (C=O) groups excluding carboxylic acids is 2. The first-order chi connectivity index (χ1) is 17.3. The highest BCUT2D eigenvalue weighted by Gasteiger charge is 2.28. The monoisotopic (exact) mass is 511 g/mol. The fourth-order valence-electron chi connectivity index (χ4n) is 4.49. The van der Waals surface area contributed by atoms with E-state index in [1.807, 2.05) is 6.07 Å². The Kier molecular flexibility index (Phi) is 6.78. The molecular weight excluding hydrogens is 482 g/mol. The van der Waals surface area contributed by atoms with E-state index in [1.165, 1.54) is 12.4 Å². The minimum absolute atomic E-state index is 0.191. The molecule has 6 N–H and O–H groups in total. The lowest BCUT2D eigenvalue weighted by molar-refractivity contribution is -0.113. The number of aldehydes is 1. The molecule has 12 heteroatoms. The van der Waals surface area contributed by atoms with Gasteiger partial charge < -0.3 is 21.7 Å². The van der Waals surface area contributed by atoms with Gasteiger partial charge in [-0.3, -0.25) is 14.9 Å². The van der Waals surface area contributed by atoms with Crippen LogP contribution in [0.3, 0.4) is 0 Å². The molecule has 1 atom stereocenters. The Morgan fingerprint density at radius 2 is 1.81 bits per heavy atom. The SMILES string of the molecule is C[C@@](N)(C=O)NC1CCC(Nc2cc(NC3CC3)c3ncc(C(=O)Nc4ccnc(Cl)c4)n3n2)CC1. The summed E-state index contributed by atoms with van der Waals surface area (Å²) in [5.74, 6) is 0.316. The van der Waals surface area contributed by atoms with E-state index in [-0.39, 0.29) is 18.0 Å². The molecule has 2 aliphatic rings. The van der Waals surface area contributed by atoms with Crippen LogP contribution in [0.15, 0.2) is 30.6 Å². The predicted molar refractivity (Wildman–Crippen MR) is 138 cm³/mol. The van der Waals surface area contributed by atoms with Crippen molar-refractivity contribution in [1.82, 2.24) is 24.9 Å². The summed E-state index contributed by atoms with van der Waals surface area (Å²) >= 11 is 5.95. The summed E-state index contributed by atoms with van der Waals surface area (Å²) < 4.78 is 1.57. The van der Waals surface area contributed by atoms with E-state index in [2.05, 4.69) is 31.2 Å². The zero-order valence-corrected chi connectivity index (χ0v) is 20.8. The van der Waals surface area contributed by atoms with Crippen LogP contribution < -0.4 is 27.0 Å². The fourth-order valence-corrected chi connectivity index (χ4v) is 4.66. The number of nitrogens with one attached hydrogen (secondary N) is 4. The van der Waals surface area contributed by atoms with Gasteiger partial charge in [0.25, 0.3) is 5.91 Å². The molecular formula is C24H30ClN9O2. The molecule has 2 fully saturated rings. The molecule has 0 spiro atoms. The summed E-state index contributed by atoms with van der Waals surface area (Å²) in [6, 6.07) is 6.01. The van der Waals surface area contributed by atoms with Gasteiger partial charge >= 0.3 is 0 Å². The van der Waals surface area contributed by atoms with Crippen molar-refractivity contribution in [1.29, 1.82) is 0 Å². The average molecular weight is 512 g/mol. The number of fused-ring (bicyclic) bond motifs is 1. The normalized spacial score (nSPS) is 21.5. The number of nitrogens with two attached hydrogens (primary N) is 1. The molecule has 11 nitrogen and oxygen atoms in total. The van der Waals surface area contributed by atoms with Crippen molar-refractivity contribution in [2.75, 3.05) is 16.0 Å². The number of pyridine rings is 1. The second kappa shape index (κ2) is 10.00. The highest BCUT2D eigenvalue weighted by molar-refractivity contribution is 6.29. The number of rotatable bonds is 9. The Morgan fingerprint density at radius 3 is 2.50 bits per heavy atom. The molecule has 2 saturated carbocycles. The summed E-state index contributed by atoms with van der Waals surface area (Å²) in [6.45, 7) is 1.68. The molecule has 190 valence electrons. The van der Waals surface area contributed by atoms with Crippen LogP contribution in [0.5, 0.6) is 0 Å². The van der Waals surface area contributed by atoms with Crippen LogP contribution in [-0.4, -0.2) is 55.6 Å². The lowest BCUT2D eigenvalue weighted by Gasteiger charge is -2.33. The Bertz CT molecular complexity index is 1270. The molecule has 36 heavy (non-hydrogen) atoms. The number of halogens is 1. The number of nitrogens with zero attached hydrogens (tertiary/aromatic N) is 4. The van der Waals surface area contributed by atoms with Gasteiger partial charge in [0, 0.05) is 36.1 Å². The maximum absolute atomic E-state index is 13.1. The third kappa shape index (κ3) is 5.75. The van der Waals surface area contributed by atoms with Gasteiger partial charge in [0.2, 0.25) is 0 Å². The Labute approximate surface area is 213 Å². The zero-order valence-electron chi connectivity index (χ0n) is 20.0. The largest absolute Gasteiger partial charge is 0.379 e. The second-order valence-electron chi connectivity index (χ2n) is 9.80. The summed E-state index contributed by atoms with van der Waals surface area (Å²) in [7, 11) is 0. The molecule has 0 aliphatic heterocycles. The third-order valence-corrected chi connectivity index (χ3v) is 6.67. The molecule has 3 aromatic heterocycles. The summed E-state index contributed by atoms with van der Waals surface area (Å²) in [4.78, 5) is 32.6. The van der Waals surface area contributed by atoms with E-state index in [0.29, 0.717) is 34.0 Å². The molecule has 0 unspecified atom stereocenters. The minimum atomic E-state index is -1.01. The van der Waals surface area contributed by atoms with Crippen LogP contribution in [0.1, 0.15) is 55.9 Å². The maximum Gasteiger partial charge on any atom is 0.276 e. The van der Waals surface area contributed by atoms with Crippen molar-refractivity contribution in [3.05, 3.63) is 41.4 Å². The van der Waals surface area contributed by atoms with Crippen LogP contribution >= 0.6 is 11.6 Å². The molecule has 0 aromatic carbocycles. The van der Waals surface area contributed by atoms with Crippen molar-refractivity contribution in [3.8, 4) is 0 Å². The van der Waals surface area contributed by atoms with Crippen LogP contribution in [0.2, 0.25) is 5.15 Å². The van der Waals surface area contributed by atoms with Gasteiger partial charge in [-0.2, -0.15) is 0 Å². The number of hydrogen-bond acceptors (Lipinski definition) is 9. The predicted octanol–water partition coefficient (Wildman–Crippen LogP) is 2.79. The molecule has 1 amide bonds. The molecule has 0 bridgehead atoms. The van der Waals surface area contributed by atoms with E-state index in [9.17, 15) is 9.59 Å². The topological polar surface area (TPSA) is 151 Å². The van der Waals surface area contributed by atoms with Gasteiger partial charge in [0.1, 0.15) is 16.6 Å². The smallest absolute Gasteiger partial charge is 0.276 e.